The Morgan fingerprint density at radius 1 is 1.38 bits per heavy atom. The zero-order valence-corrected chi connectivity index (χ0v) is 12.8. The van der Waals surface area contributed by atoms with Crippen molar-refractivity contribution in [2.24, 2.45) is 0 Å². The van der Waals surface area contributed by atoms with Crippen molar-refractivity contribution in [2.75, 3.05) is 12.4 Å². The second-order valence-electron chi connectivity index (χ2n) is 5.01. The van der Waals surface area contributed by atoms with E-state index in [0.29, 0.717) is 6.54 Å². The van der Waals surface area contributed by atoms with E-state index in [1.165, 1.54) is 11.6 Å². The summed E-state index contributed by atoms with van der Waals surface area (Å²) in [6.07, 6.45) is 0.936. The molecule has 0 bridgehead atoms. The molecule has 0 aliphatic carbocycles. The number of anilines is 1. The predicted molar refractivity (Wildman–Crippen MR) is 82.8 cm³/mol. The third-order valence-electron chi connectivity index (χ3n) is 3.77. The summed E-state index contributed by atoms with van der Waals surface area (Å²) in [4.78, 5) is 10.6. The van der Waals surface area contributed by atoms with Crippen LogP contribution in [-0.2, 0) is 13.0 Å². The molecule has 0 fully saturated rings. The van der Waals surface area contributed by atoms with Crippen molar-refractivity contribution in [3.63, 3.8) is 0 Å². The minimum atomic E-state index is -0.373. The normalized spacial score (nSPS) is 10.7. The van der Waals surface area contributed by atoms with Gasteiger partial charge >= 0.3 is 0 Å². The molecular weight excluding hydrogens is 268 g/mol. The Morgan fingerprint density at radius 3 is 2.62 bits per heavy atom. The van der Waals surface area contributed by atoms with Crippen molar-refractivity contribution in [2.45, 2.75) is 33.7 Å². The van der Waals surface area contributed by atoms with Crippen molar-refractivity contribution < 1.29 is 4.92 Å². The Morgan fingerprint density at radius 2 is 2.10 bits per heavy atom. The van der Waals surface area contributed by atoms with Crippen molar-refractivity contribution >= 4 is 11.4 Å². The van der Waals surface area contributed by atoms with Gasteiger partial charge in [0.1, 0.15) is 0 Å². The molecular formula is C15H20N4O2. The molecule has 0 aliphatic rings. The highest BCUT2D eigenvalue weighted by atomic mass is 16.6. The third-order valence-corrected chi connectivity index (χ3v) is 3.77. The number of hydrogen-bond donors (Lipinski definition) is 1. The third kappa shape index (κ3) is 2.89. The van der Waals surface area contributed by atoms with Gasteiger partial charge in [-0.3, -0.25) is 14.8 Å². The Balaban J connectivity index is 2.43. The molecule has 6 heteroatoms. The van der Waals surface area contributed by atoms with E-state index in [-0.39, 0.29) is 10.6 Å². The average Bonchev–Trinajstić information content (AvgIpc) is 2.72. The zero-order chi connectivity index (χ0) is 15.6. The monoisotopic (exact) mass is 288 g/mol. The molecule has 0 unspecified atom stereocenters. The SMILES string of the molecule is CCc1c(C)nn(Cc2cc([N+](=O)[O-])ccc2NC)c1C. The van der Waals surface area contributed by atoms with Gasteiger partial charge in [0.15, 0.2) is 0 Å². The molecule has 6 nitrogen and oxygen atoms in total. The molecule has 0 saturated heterocycles. The molecule has 0 saturated carbocycles. The largest absolute Gasteiger partial charge is 0.388 e. The second kappa shape index (κ2) is 5.95. The maximum absolute atomic E-state index is 10.9. The Kier molecular flexibility index (Phi) is 4.26. The van der Waals surface area contributed by atoms with Crippen LogP contribution in [0.4, 0.5) is 11.4 Å². The highest BCUT2D eigenvalue weighted by Crippen LogP contribution is 2.24. The molecule has 0 spiro atoms. The Labute approximate surface area is 123 Å². The van der Waals surface area contributed by atoms with Crippen LogP contribution < -0.4 is 5.32 Å². The standard InChI is InChI=1S/C15H20N4O2/c1-5-14-10(2)17-18(11(14)3)9-12-8-13(19(20)21)6-7-15(12)16-4/h6-8,16H,5,9H2,1-4H3. The lowest BCUT2D eigenvalue weighted by atomic mass is 10.1. The van der Waals surface area contributed by atoms with E-state index in [4.69, 9.17) is 0 Å². The van der Waals surface area contributed by atoms with Gasteiger partial charge in [-0.25, -0.2) is 0 Å². The van der Waals surface area contributed by atoms with Crippen LogP contribution in [0.25, 0.3) is 0 Å². The topological polar surface area (TPSA) is 73.0 Å². The number of hydrogen-bond acceptors (Lipinski definition) is 4. The maximum atomic E-state index is 10.9. The number of aryl methyl sites for hydroxylation is 1. The fourth-order valence-corrected chi connectivity index (χ4v) is 2.63. The molecule has 0 amide bonds. The predicted octanol–water partition coefficient (Wildman–Crippen LogP) is 3.06. The molecule has 0 atom stereocenters. The van der Waals surface area contributed by atoms with E-state index < -0.39 is 0 Å². The minimum Gasteiger partial charge on any atom is -0.388 e. The number of nitrogens with zero attached hydrogens (tertiary/aromatic N) is 3. The van der Waals surface area contributed by atoms with Crippen LogP contribution in [0, 0.1) is 24.0 Å². The minimum absolute atomic E-state index is 0.0984. The summed E-state index contributed by atoms with van der Waals surface area (Å²) in [5, 5.41) is 18.6. The molecule has 1 N–H and O–H groups in total. The molecule has 0 radical (unpaired) electrons. The number of nitrogens with one attached hydrogen (secondary N) is 1. The lowest BCUT2D eigenvalue weighted by Crippen LogP contribution is -2.07. The van der Waals surface area contributed by atoms with E-state index in [2.05, 4.69) is 17.3 Å². The summed E-state index contributed by atoms with van der Waals surface area (Å²) < 4.78 is 1.91. The number of nitro groups is 1. The van der Waals surface area contributed by atoms with Gasteiger partial charge in [0, 0.05) is 36.1 Å². The van der Waals surface area contributed by atoms with E-state index in [9.17, 15) is 10.1 Å². The summed E-state index contributed by atoms with van der Waals surface area (Å²) in [6.45, 7) is 6.66. The van der Waals surface area contributed by atoms with Crippen LogP contribution in [0.1, 0.15) is 29.4 Å². The molecule has 21 heavy (non-hydrogen) atoms. The maximum Gasteiger partial charge on any atom is 0.269 e. The van der Waals surface area contributed by atoms with Crippen LogP contribution in [0.2, 0.25) is 0 Å². The zero-order valence-electron chi connectivity index (χ0n) is 12.8. The summed E-state index contributed by atoms with van der Waals surface area (Å²) in [6, 6.07) is 4.85. The van der Waals surface area contributed by atoms with Gasteiger partial charge < -0.3 is 5.32 Å². The first kappa shape index (κ1) is 15.0. The van der Waals surface area contributed by atoms with Crippen LogP contribution in [0.15, 0.2) is 18.2 Å². The highest BCUT2D eigenvalue weighted by Gasteiger charge is 2.14. The molecule has 2 rings (SSSR count). The Hall–Kier alpha value is -2.37. The van der Waals surface area contributed by atoms with Crippen molar-refractivity contribution in [1.82, 2.24) is 9.78 Å². The first-order valence-corrected chi connectivity index (χ1v) is 6.95. The van der Waals surface area contributed by atoms with E-state index in [1.54, 1.807) is 12.1 Å². The molecule has 0 aliphatic heterocycles. The number of rotatable bonds is 5. The van der Waals surface area contributed by atoms with Gasteiger partial charge in [0.25, 0.3) is 5.69 Å². The van der Waals surface area contributed by atoms with E-state index in [0.717, 1.165) is 29.1 Å². The van der Waals surface area contributed by atoms with Crippen LogP contribution >= 0.6 is 0 Å². The van der Waals surface area contributed by atoms with E-state index in [1.807, 2.05) is 25.6 Å². The smallest absolute Gasteiger partial charge is 0.269 e. The van der Waals surface area contributed by atoms with E-state index >= 15 is 0 Å². The fourth-order valence-electron chi connectivity index (χ4n) is 2.63. The fraction of sp³-hybridized carbons (Fsp3) is 0.400. The summed E-state index contributed by atoms with van der Waals surface area (Å²) in [5.41, 5.74) is 5.22. The average molecular weight is 288 g/mol. The molecule has 112 valence electrons. The molecule has 1 aromatic carbocycles. The van der Waals surface area contributed by atoms with Crippen molar-refractivity contribution in [3.05, 3.63) is 50.8 Å². The van der Waals surface area contributed by atoms with Gasteiger partial charge in [-0.05, 0) is 31.9 Å². The number of non-ortho nitro benzene ring substituents is 1. The first-order chi connectivity index (χ1) is 9.97. The second-order valence-corrected chi connectivity index (χ2v) is 5.01. The van der Waals surface area contributed by atoms with Gasteiger partial charge in [0.2, 0.25) is 0 Å². The molecule has 1 heterocycles. The first-order valence-electron chi connectivity index (χ1n) is 6.95. The summed E-state index contributed by atoms with van der Waals surface area (Å²) in [7, 11) is 1.81. The summed E-state index contributed by atoms with van der Waals surface area (Å²) >= 11 is 0. The van der Waals surface area contributed by atoms with Gasteiger partial charge in [-0.2, -0.15) is 5.10 Å². The quantitative estimate of drug-likeness (QED) is 0.678. The van der Waals surface area contributed by atoms with Gasteiger partial charge in [-0.15, -0.1) is 0 Å². The molecule has 1 aromatic heterocycles. The van der Waals surface area contributed by atoms with Crippen LogP contribution in [-0.4, -0.2) is 21.8 Å². The lowest BCUT2D eigenvalue weighted by molar-refractivity contribution is -0.384. The van der Waals surface area contributed by atoms with Crippen LogP contribution in [0.5, 0.6) is 0 Å². The lowest BCUT2D eigenvalue weighted by Gasteiger charge is -2.10. The number of aromatic nitrogens is 2. The van der Waals surface area contributed by atoms with Crippen molar-refractivity contribution in [3.8, 4) is 0 Å². The highest BCUT2D eigenvalue weighted by molar-refractivity contribution is 5.55. The number of benzene rings is 1. The summed E-state index contributed by atoms with van der Waals surface area (Å²) in [5.74, 6) is 0. The van der Waals surface area contributed by atoms with Gasteiger partial charge in [-0.1, -0.05) is 6.92 Å². The molecule has 2 aromatic rings. The van der Waals surface area contributed by atoms with Gasteiger partial charge in [0.05, 0.1) is 17.2 Å². The number of nitro benzene ring substituents is 1. The Bertz CT molecular complexity index is 677. The van der Waals surface area contributed by atoms with Crippen molar-refractivity contribution in [1.29, 1.82) is 0 Å². The van der Waals surface area contributed by atoms with Crippen LogP contribution in [0.3, 0.4) is 0 Å².